The molecule has 1 aromatic rings. The van der Waals surface area contributed by atoms with Crippen LogP contribution in [-0.2, 0) is 10.0 Å². The molecular weight excluding hydrogens is 272 g/mol. The van der Waals surface area contributed by atoms with Crippen LogP contribution in [0, 0.1) is 18.8 Å². The van der Waals surface area contributed by atoms with Crippen LogP contribution in [0.15, 0.2) is 23.1 Å². The lowest BCUT2D eigenvalue weighted by Gasteiger charge is -2.26. The third-order valence-electron chi connectivity index (χ3n) is 3.08. The molecule has 0 aliphatic rings. The molecule has 2 N–H and O–H groups in total. The molecule has 0 aromatic heterocycles. The van der Waals surface area contributed by atoms with Crippen molar-refractivity contribution >= 4 is 15.7 Å². The monoisotopic (exact) mass is 298 g/mol. The van der Waals surface area contributed by atoms with Gasteiger partial charge in [-0.15, -0.1) is 0 Å². The fourth-order valence-corrected chi connectivity index (χ4v) is 4.16. The van der Waals surface area contributed by atoms with Gasteiger partial charge in [0, 0.05) is 18.8 Å². The first-order chi connectivity index (χ1) is 9.16. The molecule has 0 saturated heterocycles. The number of hydrogen-bond acceptors (Lipinski definition) is 3. The van der Waals surface area contributed by atoms with Crippen LogP contribution in [0.5, 0.6) is 0 Å². The van der Waals surface area contributed by atoms with Crippen molar-refractivity contribution in [2.75, 3.05) is 18.8 Å². The van der Waals surface area contributed by atoms with Gasteiger partial charge in [-0.25, -0.2) is 8.42 Å². The van der Waals surface area contributed by atoms with Crippen LogP contribution in [0.2, 0.25) is 0 Å². The Morgan fingerprint density at radius 1 is 1.10 bits per heavy atom. The van der Waals surface area contributed by atoms with Crippen LogP contribution in [0.4, 0.5) is 5.69 Å². The van der Waals surface area contributed by atoms with Gasteiger partial charge < -0.3 is 5.73 Å². The molecule has 0 heterocycles. The molecule has 0 bridgehead atoms. The van der Waals surface area contributed by atoms with E-state index in [9.17, 15) is 8.42 Å². The zero-order valence-electron chi connectivity index (χ0n) is 13.1. The van der Waals surface area contributed by atoms with Gasteiger partial charge in [0.15, 0.2) is 0 Å². The molecule has 0 atom stereocenters. The Balaban J connectivity index is 3.25. The van der Waals surface area contributed by atoms with Gasteiger partial charge in [-0.1, -0.05) is 33.8 Å². The number of sulfonamides is 1. The fraction of sp³-hybridized carbons (Fsp3) is 0.600. The first-order valence-electron chi connectivity index (χ1n) is 7.01. The summed E-state index contributed by atoms with van der Waals surface area (Å²) in [5, 5.41) is 0. The van der Waals surface area contributed by atoms with Gasteiger partial charge in [0.25, 0.3) is 0 Å². The lowest BCUT2D eigenvalue weighted by Crippen LogP contribution is -2.37. The second kappa shape index (κ2) is 6.59. The van der Waals surface area contributed by atoms with E-state index in [1.54, 1.807) is 29.4 Å². The quantitative estimate of drug-likeness (QED) is 0.821. The normalized spacial score (nSPS) is 12.6. The molecule has 0 fully saturated rings. The largest absolute Gasteiger partial charge is 0.398 e. The van der Waals surface area contributed by atoms with Crippen LogP contribution in [0.25, 0.3) is 0 Å². The van der Waals surface area contributed by atoms with Crippen molar-refractivity contribution < 1.29 is 8.42 Å². The highest BCUT2D eigenvalue weighted by molar-refractivity contribution is 7.89. The molecule has 1 aromatic carbocycles. The van der Waals surface area contributed by atoms with E-state index in [1.807, 2.05) is 27.7 Å². The minimum Gasteiger partial charge on any atom is -0.398 e. The highest BCUT2D eigenvalue weighted by Gasteiger charge is 2.27. The van der Waals surface area contributed by atoms with E-state index in [1.165, 1.54) is 0 Å². The molecule has 4 nitrogen and oxygen atoms in total. The Bertz CT molecular complexity index is 541. The summed E-state index contributed by atoms with van der Waals surface area (Å²) in [7, 11) is -3.49. The van der Waals surface area contributed by atoms with Gasteiger partial charge in [0.05, 0.1) is 4.90 Å². The average molecular weight is 298 g/mol. The Morgan fingerprint density at radius 3 is 2.05 bits per heavy atom. The van der Waals surface area contributed by atoms with Gasteiger partial charge in [-0.2, -0.15) is 4.31 Å². The summed E-state index contributed by atoms with van der Waals surface area (Å²) < 4.78 is 27.3. The van der Waals surface area contributed by atoms with E-state index < -0.39 is 10.0 Å². The van der Waals surface area contributed by atoms with Crippen molar-refractivity contribution in [3.8, 4) is 0 Å². The third kappa shape index (κ3) is 3.96. The molecular formula is C15H26N2O2S. The molecule has 0 spiro atoms. The second-order valence-electron chi connectivity index (χ2n) is 6.08. The SMILES string of the molecule is Cc1c(N)cccc1S(=O)(=O)N(CC(C)C)CC(C)C. The minimum absolute atomic E-state index is 0.282. The molecule has 0 saturated carbocycles. The summed E-state index contributed by atoms with van der Waals surface area (Å²) >= 11 is 0. The van der Waals surface area contributed by atoms with Crippen LogP contribution in [-0.4, -0.2) is 25.8 Å². The van der Waals surface area contributed by atoms with Gasteiger partial charge >= 0.3 is 0 Å². The summed E-state index contributed by atoms with van der Waals surface area (Å²) in [6, 6.07) is 5.05. The van der Waals surface area contributed by atoms with E-state index >= 15 is 0 Å². The number of benzene rings is 1. The molecule has 0 unspecified atom stereocenters. The Hall–Kier alpha value is -1.07. The van der Waals surface area contributed by atoms with Gasteiger partial charge in [-0.05, 0) is 36.5 Å². The molecule has 5 heteroatoms. The third-order valence-corrected chi connectivity index (χ3v) is 5.06. The summed E-state index contributed by atoms with van der Waals surface area (Å²) in [4.78, 5) is 0.318. The second-order valence-corrected chi connectivity index (χ2v) is 7.99. The molecule has 20 heavy (non-hydrogen) atoms. The van der Waals surface area contributed by atoms with Crippen LogP contribution >= 0.6 is 0 Å². The predicted molar refractivity (Wildman–Crippen MR) is 84.0 cm³/mol. The topological polar surface area (TPSA) is 63.4 Å². The standard InChI is InChI=1S/C15H26N2O2S/c1-11(2)9-17(10-12(3)4)20(18,19)15-8-6-7-14(16)13(15)5/h6-8,11-12H,9-10,16H2,1-5H3. The lowest BCUT2D eigenvalue weighted by molar-refractivity contribution is 0.333. The number of nitrogen functional groups attached to an aromatic ring is 1. The van der Waals surface area contributed by atoms with Gasteiger partial charge in [-0.3, -0.25) is 0 Å². The number of anilines is 1. The van der Waals surface area contributed by atoms with E-state index in [-0.39, 0.29) is 11.8 Å². The maximum atomic E-state index is 12.8. The molecule has 1 rings (SSSR count). The van der Waals surface area contributed by atoms with Gasteiger partial charge in [0.2, 0.25) is 10.0 Å². The summed E-state index contributed by atoms with van der Waals surface area (Å²) in [6.07, 6.45) is 0. The maximum Gasteiger partial charge on any atom is 0.243 e. The van der Waals surface area contributed by atoms with Crippen molar-refractivity contribution in [3.63, 3.8) is 0 Å². The van der Waals surface area contributed by atoms with E-state index in [0.29, 0.717) is 29.2 Å². The van der Waals surface area contributed by atoms with Crippen molar-refractivity contribution in [2.24, 2.45) is 11.8 Å². The highest BCUT2D eigenvalue weighted by Crippen LogP contribution is 2.25. The molecule has 0 aliphatic heterocycles. The zero-order chi connectivity index (χ0) is 15.5. The lowest BCUT2D eigenvalue weighted by atomic mass is 10.2. The number of nitrogens with zero attached hydrogens (tertiary/aromatic N) is 1. The summed E-state index contributed by atoms with van der Waals surface area (Å²) in [6.45, 7) is 10.9. The van der Waals surface area contributed by atoms with Crippen molar-refractivity contribution in [1.82, 2.24) is 4.31 Å². The van der Waals surface area contributed by atoms with Gasteiger partial charge in [0.1, 0.15) is 0 Å². The molecule has 114 valence electrons. The first kappa shape index (κ1) is 17.0. The molecule has 0 aliphatic carbocycles. The fourth-order valence-electron chi connectivity index (χ4n) is 2.14. The minimum atomic E-state index is -3.49. The van der Waals surface area contributed by atoms with E-state index in [2.05, 4.69) is 0 Å². The number of hydrogen-bond donors (Lipinski definition) is 1. The molecule has 0 radical (unpaired) electrons. The van der Waals surface area contributed by atoms with Crippen molar-refractivity contribution in [2.45, 2.75) is 39.5 Å². The Morgan fingerprint density at radius 2 is 1.60 bits per heavy atom. The first-order valence-corrected chi connectivity index (χ1v) is 8.45. The Kier molecular flexibility index (Phi) is 5.59. The summed E-state index contributed by atoms with van der Waals surface area (Å²) in [5.74, 6) is 0.565. The highest BCUT2D eigenvalue weighted by atomic mass is 32.2. The van der Waals surface area contributed by atoms with Crippen LogP contribution in [0.3, 0.4) is 0 Å². The number of rotatable bonds is 6. The number of nitrogens with two attached hydrogens (primary N) is 1. The van der Waals surface area contributed by atoms with Crippen molar-refractivity contribution in [3.05, 3.63) is 23.8 Å². The average Bonchev–Trinajstić information content (AvgIpc) is 2.30. The van der Waals surface area contributed by atoms with Crippen LogP contribution in [0.1, 0.15) is 33.3 Å². The summed E-state index contributed by atoms with van der Waals surface area (Å²) in [5.41, 5.74) is 6.98. The molecule has 0 amide bonds. The smallest absolute Gasteiger partial charge is 0.243 e. The zero-order valence-corrected chi connectivity index (χ0v) is 13.9. The van der Waals surface area contributed by atoms with Crippen LogP contribution < -0.4 is 5.73 Å². The maximum absolute atomic E-state index is 12.8. The van der Waals surface area contributed by atoms with E-state index in [4.69, 9.17) is 5.73 Å². The van der Waals surface area contributed by atoms with Crippen molar-refractivity contribution in [1.29, 1.82) is 0 Å². The Labute approximate surface area is 123 Å². The predicted octanol–water partition coefficient (Wildman–Crippen LogP) is 2.88. The van der Waals surface area contributed by atoms with E-state index in [0.717, 1.165) is 0 Å².